The van der Waals surface area contributed by atoms with Crippen molar-refractivity contribution in [3.63, 3.8) is 0 Å². The third-order valence-corrected chi connectivity index (χ3v) is 9.64. The van der Waals surface area contributed by atoms with Crippen molar-refractivity contribution in [3.8, 4) is 0 Å². The molecule has 3 atom stereocenters. The first-order valence-corrected chi connectivity index (χ1v) is 14.3. The average Bonchev–Trinajstić information content (AvgIpc) is 3.63. The van der Waals surface area contributed by atoms with Crippen LogP contribution in [0.25, 0.3) is 0 Å². The number of nitrogens with one attached hydrogen (secondary N) is 1. The minimum absolute atomic E-state index is 0.0801. The number of carbonyl (C=O) groups is 1. The van der Waals surface area contributed by atoms with Crippen molar-refractivity contribution in [1.29, 1.82) is 0 Å². The van der Waals surface area contributed by atoms with Gasteiger partial charge in [-0.1, -0.05) is 38.0 Å². The predicted molar refractivity (Wildman–Crippen MR) is 139 cm³/mol. The highest BCUT2D eigenvalue weighted by molar-refractivity contribution is 7.15. The predicted octanol–water partition coefficient (Wildman–Crippen LogP) is 5.29. The molecular weight excluding hydrogens is 476 g/mol. The fourth-order valence-corrected chi connectivity index (χ4v) is 7.63. The van der Waals surface area contributed by atoms with Gasteiger partial charge in [0.25, 0.3) is 0 Å². The molecule has 9 nitrogen and oxygen atoms in total. The van der Waals surface area contributed by atoms with E-state index in [1.807, 2.05) is 6.07 Å². The number of rotatable bonds is 9. The second kappa shape index (κ2) is 10.6. The van der Waals surface area contributed by atoms with E-state index in [1.54, 1.807) is 6.07 Å². The lowest BCUT2D eigenvalue weighted by Crippen LogP contribution is -2.45. The minimum Gasteiger partial charge on any atom is -0.348 e. The number of nitrogens with zero attached hydrogens (tertiary/aromatic N) is 5. The van der Waals surface area contributed by atoms with Crippen LogP contribution >= 0.6 is 11.3 Å². The van der Waals surface area contributed by atoms with Crippen molar-refractivity contribution >= 4 is 22.2 Å². The number of aryl methyl sites for hydroxylation is 1. The summed E-state index contributed by atoms with van der Waals surface area (Å²) < 4.78 is 2.38. The zero-order valence-electron chi connectivity index (χ0n) is 21.6. The highest BCUT2D eigenvalue weighted by Crippen LogP contribution is 2.43. The molecule has 2 unspecified atom stereocenters. The van der Waals surface area contributed by atoms with Crippen LogP contribution in [0.2, 0.25) is 0 Å². The van der Waals surface area contributed by atoms with E-state index >= 15 is 0 Å². The lowest BCUT2D eigenvalue weighted by molar-refractivity contribution is -0.380. The van der Waals surface area contributed by atoms with Gasteiger partial charge in [-0.3, -0.25) is 19.8 Å². The molecule has 2 aromatic rings. The highest BCUT2D eigenvalue weighted by atomic mass is 32.1. The van der Waals surface area contributed by atoms with Gasteiger partial charge in [-0.05, 0) is 57.9 Å². The molecule has 0 aromatic carbocycles. The number of carbonyl (C=O) groups excluding carboxylic acids is 1. The molecule has 2 aliphatic heterocycles. The fourth-order valence-electron chi connectivity index (χ4n) is 6.72. The molecule has 5 rings (SSSR count). The largest absolute Gasteiger partial charge is 0.348 e. The Hall–Kier alpha value is -2.33. The van der Waals surface area contributed by atoms with E-state index in [-0.39, 0.29) is 27.8 Å². The lowest BCUT2D eigenvalue weighted by atomic mass is 9.95. The summed E-state index contributed by atoms with van der Waals surface area (Å²) in [7, 11) is 0. The minimum atomic E-state index is -0.340. The Morgan fingerprint density at radius 3 is 2.44 bits per heavy atom. The molecule has 196 valence electrons. The molecule has 1 saturated carbocycles. The SMILES string of the molecule is Cc1nnc(C(C)C)n1C1CC2CCC(C1)N2CC[C@H](NC(=O)C1CCCC1)c1ccc([N+](=O)[O-])s1. The summed E-state index contributed by atoms with van der Waals surface area (Å²) in [5.74, 6) is 2.63. The van der Waals surface area contributed by atoms with Crippen LogP contribution in [0.1, 0.15) is 106 Å². The van der Waals surface area contributed by atoms with Crippen molar-refractivity contribution in [2.45, 2.75) is 109 Å². The van der Waals surface area contributed by atoms with Gasteiger partial charge in [0, 0.05) is 47.4 Å². The van der Waals surface area contributed by atoms with E-state index in [9.17, 15) is 14.9 Å². The number of aromatic nitrogens is 3. The van der Waals surface area contributed by atoms with Crippen molar-refractivity contribution in [3.05, 3.63) is 38.8 Å². The molecule has 10 heteroatoms. The Bertz CT molecular complexity index is 1080. The number of nitro groups is 1. The standard InChI is InChI=1S/C26H38N6O3S/c1-16(2)25-29-28-17(3)31(25)21-14-19-8-9-20(15-21)30(19)13-12-22(23-10-11-24(36-23)32(34)35)27-26(33)18-6-4-5-7-18/h10-11,16,18-22H,4-9,12-15H2,1-3H3,(H,27,33)/t19?,20?,21?,22-/m0/s1. The monoisotopic (exact) mass is 514 g/mol. The first kappa shape index (κ1) is 25.3. The van der Waals surface area contributed by atoms with Gasteiger partial charge in [-0.25, -0.2) is 0 Å². The average molecular weight is 515 g/mol. The number of hydrogen-bond acceptors (Lipinski definition) is 7. The van der Waals surface area contributed by atoms with Crippen LogP contribution < -0.4 is 5.32 Å². The normalized spacial score (nSPS) is 25.5. The number of fused-ring (bicyclic) bond motifs is 2. The number of amides is 1. The van der Waals surface area contributed by atoms with Gasteiger partial charge in [-0.15, -0.1) is 10.2 Å². The summed E-state index contributed by atoms with van der Waals surface area (Å²) in [6, 6.07) is 4.67. The maximum absolute atomic E-state index is 13.0. The quantitative estimate of drug-likeness (QED) is 0.360. The highest BCUT2D eigenvalue weighted by Gasteiger charge is 2.42. The lowest BCUT2D eigenvalue weighted by Gasteiger charge is -2.40. The van der Waals surface area contributed by atoms with E-state index in [0.29, 0.717) is 24.0 Å². The third-order valence-electron chi connectivity index (χ3n) is 8.49. The molecular formula is C26H38N6O3S. The van der Waals surface area contributed by atoms with Crippen LogP contribution in [-0.4, -0.2) is 49.1 Å². The van der Waals surface area contributed by atoms with Gasteiger partial charge in [-0.2, -0.15) is 0 Å². The summed E-state index contributed by atoms with van der Waals surface area (Å²) >= 11 is 1.19. The first-order valence-electron chi connectivity index (χ1n) is 13.5. The van der Waals surface area contributed by atoms with Crippen molar-refractivity contribution < 1.29 is 9.72 Å². The summed E-state index contributed by atoms with van der Waals surface area (Å²) in [6.45, 7) is 7.31. The Morgan fingerprint density at radius 1 is 1.14 bits per heavy atom. The van der Waals surface area contributed by atoms with E-state index in [4.69, 9.17) is 0 Å². The summed E-state index contributed by atoms with van der Waals surface area (Å²) in [4.78, 5) is 27.5. The van der Waals surface area contributed by atoms with Crippen LogP contribution in [0.3, 0.4) is 0 Å². The molecule has 3 aliphatic rings. The summed E-state index contributed by atoms with van der Waals surface area (Å²) in [5.41, 5.74) is 0. The van der Waals surface area contributed by atoms with Gasteiger partial charge in [0.1, 0.15) is 11.6 Å². The molecule has 0 radical (unpaired) electrons. The molecule has 3 fully saturated rings. The van der Waals surface area contributed by atoms with Gasteiger partial charge >= 0.3 is 5.00 Å². The Labute approximate surface area is 216 Å². The van der Waals surface area contributed by atoms with Gasteiger partial charge in [0.05, 0.1) is 11.0 Å². The van der Waals surface area contributed by atoms with Crippen molar-refractivity contribution in [2.24, 2.45) is 5.92 Å². The van der Waals surface area contributed by atoms with Crippen molar-refractivity contribution in [1.82, 2.24) is 25.0 Å². The first-order chi connectivity index (χ1) is 17.3. The maximum Gasteiger partial charge on any atom is 0.324 e. The third kappa shape index (κ3) is 5.07. The van der Waals surface area contributed by atoms with E-state index in [1.165, 1.54) is 24.2 Å². The maximum atomic E-state index is 13.0. The van der Waals surface area contributed by atoms with Crippen LogP contribution in [-0.2, 0) is 4.79 Å². The summed E-state index contributed by atoms with van der Waals surface area (Å²) in [5, 5.41) is 23.6. The van der Waals surface area contributed by atoms with Crippen LogP contribution in [0.15, 0.2) is 12.1 Å². The van der Waals surface area contributed by atoms with Crippen molar-refractivity contribution in [2.75, 3.05) is 6.54 Å². The number of thiophene rings is 1. The Morgan fingerprint density at radius 2 is 1.83 bits per heavy atom. The smallest absolute Gasteiger partial charge is 0.324 e. The second-order valence-corrected chi connectivity index (χ2v) is 12.2. The van der Waals surface area contributed by atoms with E-state index in [0.717, 1.165) is 68.0 Å². The zero-order valence-corrected chi connectivity index (χ0v) is 22.4. The molecule has 0 spiro atoms. The summed E-state index contributed by atoms with van der Waals surface area (Å²) in [6.07, 6.45) is 9.47. The number of piperidine rings is 1. The molecule has 2 aromatic heterocycles. The van der Waals surface area contributed by atoms with Gasteiger partial charge < -0.3 is 9.88 Å². The topological polar surface area (TPSA) is 106 Å². The van der Waals surface area contributed by atoms with E-state index < -0.39 is 0 Å². The molecule has 2 bridgehead atoms. The fraction of sp³-hybridized carbons (Fsp3) is 0.731. The van der Waals surface area contributed by atoms with Gasteiger partial charge in [0.15, 0.2) is 0 Å². The van der Waals surface area contributed by atoms with Crippen LogP contribution in [0, 0.1) is 23.0 Å². The molecule has 2 saturated heterocycles. The molecule has 1 aliphatic carbocycles. The Kier molecular flexibility index (Phi) is 7.44. The van der Waals surface area contributed by atoms with Crippen LogP contribution in [0.5, 0.6) is 0 Å². The molecule has 36 heavy (non-hydrogen) atoms. The molecule has 1 N–H and O–H groups in total. The second-order valence-electron chi connectivity index (χ2n) is 11.1. The zero-order chi connectivity index (χ0) is 25.4. The van der Waals surface area contributed by atoms with E-state index in [2.05, 4.69) is 45.8 Å². The van der Waals surface area contributed by atoms with Gasteiger partial charge in [0.2, 0.25) is 5.91 Å². The Balaban J connectivity index is 1.28. The van der Waals surface area contributed by atoms with Crippen LogP contribution in [0.4, 0.5) is 5.00 Å². The number of hydrogen-bond donors (Lipinski definition) is 1. The molecule has 4 heterocycles. The molecule has 1 amide bonds.